The molecule has 0 heterocycles. The highest BCUT2D eigenvalue weighted by molar-refractivity contribution is 7.99. The Bertz CT molecular complexity index is 823. The Labute approximate surface area is 325 Å². The Kier molecular flexibility index (Phi) is 39.0. The van der Waals surface area contributed by atoms with E-state index in [0.29, 0.717) is 31.8 Å². The fourth-order valence-corrected chi connectivity index (χ4v) is 6.94. The average Bonchev–Trinajstić information content (AvgIpc) is 3.13. The van der Waals surface area contributed by atoms with Crippen molar-refractivity contribution in [2.75, 3.05) is 58.4 Å². The molecule has 0 aromatic carbocycles. The number of hydrogen-bond acceptors (Lipinski definition) is 7. The minimum absolute atomic E-state index is 0.102. The number of carbonyl (C=O) groups is 3. The van der Waals surface area contributed by atoms with Crippen LogP contribution in [-0.2, 0) is 23.9 Å². The van der Waals surface area contributed by atoms with Crippen LogP contribution in [0.3, 0.4) is 0 Å². The largest absolute Gasteiger partial charge is 0.461 e. The highest BCUT2D eigenvalue weighted by atomic mass is 32.2. The van der Waals surface area contributed by atoms with Crippen LogP contribution < -0.4 is 0 Å². The second-order valence-electron chi connectivity index (χ2n) is 14.7. The number of amides is 1. The number of allylic oxidation sites excluding steroid dienone is 2. The quantitative estimate of drug-likeness (QED) is 0.0352. The molecule has 0 radical (unpaired) electrons. The molecule has 52 heavy (non-hydrogen) atoms. The van der Waals surface area contributed by atoms with Gasteiger partial charge in [-0.15, -0.1) is 0 Å². The number of rotatable bonds is 39. The number of hydrogen-bond donors (Lipinski definition) is 0. The molecule has 0 unspecified atom stereocenters. The molecule has 8 heteroatoms. The molecule has 0 spiro atoms. The molecule has 0 saturated heterocycles. The zero-order valence-corrected chi connectivity index (χ0v) is 35.3. The van der Waals surface area contributed by atoms with Gasteiger partial charge in [-0.2, -0.15) is 11.8 Å². The molecule has 0 saturated carbocycles. The Morgan fingerprint density at radius 1 is 0.500 bits per heavy atom. The molecule has 0 aliphatic carbocycles. The molecule has 0 rings (SSSR count). The molecule has 0 N–H and O–H groups in total. The normalized spacial score (nSPS) is 11.6. The zero-order chi connectivity index (χ0) is 38.2. The Morgan fingerprint density at radius 3 is 1.35 bits per heavy atom. The van der Waals surface area contributed by atoms with Gasteiger partial charge < -0.3 is 19.3 Å². The fraction of sp³-hybridized carbons (Fsp3) is 0.841. The van der Waals surface area contributed by atoms with E-state index in [9.17, 15) is 14.4 Å². The second kappa shape index (κ2) is 40.4. The third-order valence-corrected chi connectivity index (χ3v) is 10.3. The van der Waals surface area contributed by atoms with Crippen molar-refractivity contribution >= 4 is 29.6 Å². The van der Waals surface area contributed by atoms with Crippen molar-refractivity contribution in [1.82, 2.24) is 9.80 Å². The maximum Gasteiger partial charge on any atom is 0.306 e. The summed E-state index contributed by atoms with van der Waals surface area (Å²) in [6.45, 7) is 7.85. The molecule has 0 fully saturated rings. The summed E-state index contributed by atoms with van der Waals surface area (Å²) < 4.78 is 10.7. The minimum Gasteiger partial charge on any atom is -0.461 e. The fourth-order valence-electron chi connectivity index (χ4n) is 5.95. The maximum absolute atomic E-state index is 13.1. The van der Waals surface area contributed by atoms with E-state index in [4.69, 9.17) is 9.47 Å². The molecule has 0 aliphatic rings. The number of esters is 2. The number of carbonyl (C=O) groups excluding carboxylic acids is 3. The molecule has 304 valence electrons. The summed E-state index contributed by atoms with van der Waals surface area (Å²) in [6, 6.07) is 0. The van der Waals surface area contributed by atoms with Crippen molar-refractivity contribution in [2.24, 2.45) is 0 Å². The van der Waals surface area contributed by atoms with Gasteiger partial charge in [-0.1, -0.05) is 141 Å². The SMILES string of the molecule is CCCCCCCC/C=C\COC(=O)CCCCCCCN(CCCCCCCC(=O)OC/C=C/CCCCCCCC)C(=O)CSCCN(C)C. The lowest BCUT2D eigenvalue weighted by Crippen LogP contribution is -2.34. The van der Waals surface area contributed by atoms with E-state index in [2.05, 4.69) is 49.9 Å². The summed E-state index contributed by atoms with van der Waals surface area (Å²) in [5.74, 6) is 1.54. The maximum atomic E-state index is 13.1. The van der Waals surface area contributed by atoms with E-state index in [1.54, 1.807) is 11.8 Å². The van der Waals surface area contributed by atoms with Gasteiger partial charge >= 0.3 is 11.9 Å². The van der Waals surface area contributed by atoms with Gasteiger partial charge in [0.15, 0.2) is 0 Å². The molecule has 0 bridgehead atoms. The van der Waals surface area contributed by atoms with Gasteiger partial charge in [0.05, 0.1) is 5.75 Å². The van der Waals surface area contributed by atoms with E-state index >= 15 is 0 Å². The Morgan fingerprint density at radius 2 is 0.904 bits per heavy atom. The first-order chi connectivity index (χ1) is 25.4. The third-order valence-electron chi connectivity index (χ3n) is 9.34. The molecule has 7 nitrogen and oxygen atoms in total. The summed E-state index contributed by atoms with van der Waals surface area (Å²) in [5, 5.41) is 0. The van der Waals surface area contributed by atoms with E-state index in [-0.39, 0.29) is 17.8 Å². The lowest BCUT2D eigenvalue weighted by molar-refractivity contribution is -0.143. The van der Waals surface area contributed by atoms with Crippen LogP contribution in [0.15, 0.2) is 24.3 Å². The van der Waals surface area contributed by atoms with Gasteiger partial charge in [0.1, 0.15) is 13.2 Å². The van der Waals surface area contributed by atoms with E-state index < -0.39 is 0 Å². The van der Waals surface area contributed by atoms with Crippen LogP contribution in [0.25, 0.3) is 0 Å². The Hall–Kier alpha value is -1.80. The van der Waals surface area contributed by atoms with Crippen molar-refractivity contribution in [1.29, 1.82) is 0 Å². The van der Waals surface area contributed by atoms with Gasteiger partial charge in [-0.25, -0.2) is 0 Å². The first-order valence-corrected chi connectivity index (χ1v) is 22.7. The molecular formula is C44H82N2O5S. The van der Waals surface area contributed by atoms with Gasteiger partial charge in [0, 0.05) is 38.2 Å². The smallest absolute Gasteiger partial charge is 0.306 e. The molecule has 0 aliphatic heterocycles. The average molecular weight is 751 g/mol. The Balaban J connectivity index is 4.09. The number of ether oxygens (including phenoxy) is 2. The minimum atomic E-state index is -0.102. The summed E-state index contributed by atoms with van der Waals surface area (Å²) >= 11 is 1.72. The summed E-state index contributed by atoms with van der Waals surface area (Å²) in [5.41, 5.74) is 0. The molecule has 0 aromatic heterocycles. The van der Waals surface area contributed by atoms with Gasteiger partial charge in [-0.3, -0.25) is 14.4 Å². The molecule has 0 atom stereocenters. The van der Waals surface area contributed by atoms with Crippen molar-refractivity contribution in [2.45, 2.75) is 181 Å². The van der Waals surface area contributed by atoms with Gasteiger partial charge in [0.25, 0.3) is 0 Å². The highest BCUT2D eigenvalue weighted by Gasteiger charge is 2.13. The zero-order valence-electron chi connectivity index (χ0n) is 34.5. The van der Waals surface area contributed by atoms with Crippen LogP contribution in [0.2, 0.25) is 0 Å². The molecular weight excluding hydrogens is 669 g/mol. The monoisotopic (exact) mass is 751 g/mol. The molecule has 1 amide bonds. The van der Waals surface area contributed by atoms with Crippen LogP contribution in [0.4, 0.5) is 0 Å². The van der Waals surface area contributed by atoms with Crippen molar-refractivity contribution in [3.05, 3.63) is 24.3 Å². The first kappa shape index (κ1) is 50.2. The van der Waals surface area contributed by atoms with Gasteiger partial charge in [0.2, 0.25) is 5.91 Å². The highest BCUT2D eigenvalue weighted by Crippen LogP contribution is 2.13. The molecule has 0 aromatic rings. The van der Waals surface area contributed by atoms with E-state index in [0.717, 1.165) is 102 Å². The topological polar surface area (TPSA) is 76.1 Å². The van der Waals surface area contributed by atoms with Crippen molar-refractivity contribution < 1.29 is 23.9 Å². The lowest BCUT2D eigenvalue weighted by Gasteiger charge is -2.23. The standard InChI is InChI=1S/C44H82N2O5S/c1-5-7-9-11-13-15-17-25-31-38-50-43(48)33-27-21-19-23-29-35-46(42(47)41-52-40-37-45(3)4)36-30-24-20-22-28-34-44(49)51-39-32-26-18-16-14-12-10-8-6-2/h25-26,31-32H,5-24,27-30,33-41H2,1-4H3/b31-25-,32-26+. The van der Waals surface area contributed by atoms with Crippen LogP contribution in [-0.4, -0.2) is 86.1 Å². The third kappa shape index (κ3) is 37.9. The predicted molar refractivity (Wildman–Crippen MR) is 224 cm³/mol. The summed E-state index contributed by atoms with van der Waals surface area (Å²) in [6.07, 6.45) is 37.0. The van der Waals surface area contributed by atoms with Crippen molar-refractivity contribution in [3.8, 4) is 0 Å². The van der Waals surface area contributed by atoms with Crippen LogP contribution in [0.5, 0.6) is 0 Å². The van der Waals surface area contributed by atoms with Crippen molar-refractivity contribution in [3.63, 3.8) is 0 Å². The van der Waals surface area contributed by atoms with Crippen LogP contribution in [0.1, 0.15) is 181 Å². The lowest BCUT2D eigenvalue weighted by atomic mass is 10.1. The predicted octanol–water partition coefficient (Wildman–Crippen LogP) is 11.5. The number of thioether (sulfide) groups is 1. The number of nitrogens with zero attached hydrogens (tertiary/aromatic N) is 2. The van der Waals surface area contributed by atoms with E-state index in [1.165, 1.54) is 77.0 Å². The first-order valence-electron chi connectivity index (χ1n) is 21.5. The second-order valence-corrected chi connectivity index (χ2v) is 15.8. The van der Waals surface area contributed by atoms with Crippen LogP contribution in [0, 0.1) is 0 Å². The van der Waals surface area contributed by atoms with E-state index in [1.807, 2.05) is 12.2 Å². The summed E-state index contributed by atoms with van der Waals surface area (Å²) in [7, 11) is 4.12. The number of unbranched alkanes of at least 4 members (excludes halogenated alkanes) is 20. The van der Waals surface area contributed by atoms with Crippen LogP contribution >= 0.6 is 11.8 Å². The summed E-state index contributed by atoms with van der Waals surface area (Å²) in [4.78, 5) is 41.4. The van der Waals surface area contributed by atoms with Gasteiger partial charge in [-0.05, 0) is 65.5 Å².